The minimum absolute atomic E-state index is 0.0314. The van der Waals surface area contributed by atoms with Gasteiger partial charge in [-0.25, -0.2) is 4.79 Å². The zero-order valence-electron chi connectivity index (χ0n) is 11.5. The van der Waals surface area contributed by atoms with Crippen molar-refractivity contribution in [2.45, 2.75) is 30.2 Å². The molecule has 5 nitrogen and oxygen atoms in total. The van der Waals surface area contributed by atoms with E-state index >= 15 is 0 Å². The van der Waals surface area contributed by atoms with E-state index in [-0.39, 0.29) is 24.4 Å². The molecule has 0 fully saturated rings. The molecule has 1 atom stereocenters. The third-order valence-corrected chi connectivity index (χ3v) is 4.56. The Hall–Kier alpha value is -1.40. The topological polar surface area (TPSA) is 84.2 Å². The molecule has 4 N–H and O–H groups in total. The van der Waals surface area contributed by atoms with Crippen LogP contribution in [0.4, 0.5) is 4.79 Å². The van der Waals surface area contributed by atoms with Gasteiger partial charge < -0.3 is 16.4 Å². The summed E-state index contributed by atoms with van der Waals surface area (Å²) in [6.45, 7) is 0.429. The maximum Gasteiger partial charge on any atom is 0.315 e. The van der Waals surface area contributed by atoms with Crippen LogP contribution in [0, 0.1) is 0 Å². The van der Waals surface area contributed by atoms with Gasteiger partial charge >= 0.3 is 6.03 Å². The first-order chi connectivity index (χ1) is 10.1. The van der Waals surface area contributed by atoms with Gasteiger partial charge in [-0.3, -0.25) is 4.79 Å². The highest BCUT2D eigenvalue weighted by Crippen LogP contribution is 2.37. The standard InChI is InChI=1S/C14H18ClN3O2S/c15-9-3-4-12-10(8-9)11(5-7-21-12)18-14(20)17-6-1-2-13(16)19/h3-4,8,11H,1-2,5-7H2,(H2,16,19)(H2,17,18,20)/t11-/m1/s1. The molecule has 0 aromatic heterocycles. The van der Waals surface area contributed by atoms with Gasteiger partial charge in [0.1, 0.15) is 0 Å². The van der Waals surface area contributed by atoms with E-state index in [0.29, 0.717) is 18.0 Å². The van der Waals surface area contributed by atoms with E-state index in [2.05, 4.69) is 10.6 Å². The van der Waals surface area contributed by atoms with Crippen LogP contribution in [0.3, 0.4) is 0 Å². The predicted molar refractivity (Wildman–Crippen MR) is 84.5 cm³/mol. The van der Waals surface area contributed by atoms with E-state index in [1.165, 1.54) is 0 Å². The Kier molecular flexibility index (Phi) is 5.76. The largest absolute Gasteiger partial charge is 0.370 e. The molecule has 0 bridgehead atoms. The number of rotatable bonds is 5. The number of hydrogen-bond donors (Lipinski definition) is 3. The molecule has 0 saturated heterocycles. The predicted octanol–water partition coefficient (Wildman–Crippen LogP) is 2.44. The minimum atomic E-state index is -0.356. The molecule has 0 spiro atoms. The second kappa shape index (κ2) is 7.56. The average molecular weight is 328 g/mol. The first-order valence-electron chi connectivity index (χ1n) is 6.81. The second-order valence-corrected chi connectivity index (χ2v) is 6.42. The first kappa shape index (κ1) is 16.0. The van der Waals surface area contributed by atoms with Gasteiger partial charge in [0.15, 0.2) is 0 Å². The Morgan fingerprint density at radius 2 is 2.24 bits per heavy atom. The molecule has 0 radical (unpaired) electrons. The van der Waals surface area contributed by atoms with Gasteiger partial charge in [-0.15, -0.1) is 11.8 Å². The van der Waals surface area contributed by atoms with Crippen molar-refractivity contribution in [3.05, 3.63) is 28.8 Å². The van der Waals surface area contributed by atoms with Crippen molar-refractivity contribution in [3.63, 3.8) is 0 Å². The van der Waals surface area contributed by atoms with Crippen LogP contribution in [0.2, 0.25) is 5.02 Å². The number of carbonyl (C=O) groups excluding carboxylic acids is 2. The lowest BCUT2D eigenvalue weighted by Gasteiger charge is -2.26. The van der Waals surface area contributed by atoms with Crippen LogP contribution < -0.4 is 16.4 Å². The zero-order valence-corrected chi connectivity index (χ0v) is 13.1. The van der Waals surface area contributed by atoms with Crippen molar-refractivity contribution in [1.29, 1.82) is 0 Å². The number of fused-ring (bicyclic) bond motifs is 1. The Balaban J connectivity index is 1.88. The lowest BCUT2D eigenvalue weighted by molar-refractivity contribution is -0.118. The summed E-state index contributed by atoms with van der Waals surface area (Å²) in [6.07, 6.45) is 1.69. The number of primary amides is 1. The normalized spacial score (nSPS) is 16.9. The van der Waals surface area contributed by atoms with E-state index < -0.39 is 0 Å². The molecule has 2 rings (SSSR count). The highest BCUT2D eigenvalue weighted by molar-refractivity contribution is 7.99. The summed E-state index contributed by atoms with van der Waals surface area (Å²) >= 11 is 7.80. The maximum atomic E-state index is 11.9. The van der Waals surface area contributed by atoms with Crippen LogP contribution in [0.25, 0.3) is 0 Å². The number of thioether (sulfide) groups is 1. The van der Waals surface area contributed by atoms with E-state index in [0.717, 1.165) is 22.6 Å². The molecule has 1 heterocycles. The van der Waals surface area contributed by atoms with Gasteiger partial charge in [0.05, 0.1) is 6.04 Å². The van der Waals surface area contributed by atoms with Gasteiger partial charge in [0.2, 0.25) is 5.91 Å². The van der Waals surface area contributed by atoms with Gasteiger partial charge in [0, 0.05) is 28.6 Å². The smallest absolute Gasteiger partial charge is 0.315 e. The lowest BCUT2D eigenvalue weighted by Crippen LogP contribution is -2.39. The van der Waals surface area contributed by atoms with Crippen molar-refractivity contribution < 1.29 is 9.59 Å². The number of urea groups is 1. The number of benzene rings is 1. The molecule has 1 aliphatic rings. The highest BCUT2D eigenvalue weighted by atomic mass is 35.5. The highest BCUT2D eigenvalue weighted by Gasteiger charge is 2.22. The van der Waals surface area contributed by atoms with Crippen LogP contribution >= 0.6 is 23.4 Å². The molecule has 0 aliphatic carbocycles. The van der Waals surface area contributed by atoms with Gasteiger partial charge in [-0.05, 0) is 36.6 Å². The Morgan fingerprint density at radius 1 is 1.43 bits per heavy atom. The molecule has 1 aromatic rings. The summed E-state index contributed by atoms with van der Waals surface area (Å²) in [5.74, 6) is 0.603. The molecular formula is C14H18ClN3O2S. The van der Waals surface area contributed by atoms with E-state index in [9.17, 15) is 9.59 Å². The number of halogens is 1. The third kappa shape index (κ3) is 4.82. The van der Waals surface area contributed by atoms with Gasteiger partial charge in [0.25, 0.3) is 0 Å². The third-order valence-electron chi connectivity index (χ3n) is 3.20. The molecule has 21 heavy (non-hydrogen) atoms. The molecule has 1 aromatic carbocycles. The molecule has 114 valence electrons. The SMILES string of the molecule is NC(=O)CCCNC(=O)N[C@@H]1CCSc2ccc(Cl)cc21. The van der Waals surface area contributed by atoms with E-state index in [1.54, 1.807) is 11.8 Å². The van der Waals surface area contributed by atoms with Crippen LogP contribution in [0.1, 0.15) is 30.9 Å². The van der Waals surface area contributed by atoms with E-state index in [4.69, 9.17) is 17.3 Å². The van der Waals surface area contributed by atoms with Crippen molar-refractivity contribution in [2.24, 2.45) is 5.73 Å². The number of hydrogen-bond acceptors (Lipinski definition) is 3. The lowest BCUT2D eigenvalue weighted by atomic mass is 10.0. The summed E-state index contributed by atoms with van der Waals surface area (Å²) in [7, 11) is 0. The van der Waals surface area contributed by atoms with Crippen LogP contribution in [0.5, 0.6) is 0 Å². The van der Waals surface area contributed by atoms with Crippen LogP contribution in [-0.4, -0.2) is 24.2 Å². The number of amides is 3. The van der Waals surface area contributed by atoms with Gasteiger partial charge in [-0.2, -0.15) is 0 Å². The monoisotopic (exact) mass is 327 g/mol. The average Bonchev–Trinajstić information content (AvgIpc) is 2.44. The fraction of sp³-hybridized carbons (Fsp3) is 0.429. The molecule has 0 unspecified atom stereocenters. The number of nitrogens with two attached hydrogens (primary N) is 1. The zero-order chi connectivity index (χ0) is 15.2. The summed E-state index contributed by atoms with van der Waals surface area (Å²) in [4.78, 5) is 23.6. The minimum Gasteiger partial charge on any atom is -0.370 e. The molecule has 0 saturated carbocycles. The van der Waals surface area contributed by atoms with Crippen molar-refractivity contribution in [1.82, 2.24) is 10.6 Å². The molecule has 3 amide bonds. The Labute approximate surface area is 133 Å². The van der Waals surface area contributed by atoms with Crippen molar-refractivity contribution in [2.75, 3.05) is 12.3 Å². The fourth-order valence-corrected chi connectivity index (χ4v) is 3.48. The van der Waals surface area contributed by atoms with Gasteiger partial charge in [-0.1, -0.05) is 11.6 Å². The molecular weight excluding hydrogens is 310 g/mol. The summed E-state index contributed by atoms with van der Waals surface area (Å²) in [5, 5.41) is 6.36. The second-order valence-electron chi connectivity index (χ2n) is 4.84. The Bertz CT molecular complexity index is 539. The first-order valence-corrected chi connectivity index (χ1v) is 8.17. The number of nitrogens with one attached hydrogen (secondary N) is 2. The van der Waals surface area contributed by atoms with E-state index in [1.807, 2.05) is 18.2 Å². The molecule has 1 aliphatic heterocycles. The maximum absolute atomic E-state index is 11.9. The summed E-state index contributed by atoms with van der Waals surface area (Å²) in [5.41, 5.74) is 6.11. The Morgan fingerprint density at radius 3 is 3.00 bits per heavy atom. The quantitative estimate of drug-likeness (QED) is 0.726. The van der Waals surface area contributed by atoms with Crippen LogP contribution in [-0.2, 0) is 4.79 Å². The summed E-state index contributed by atoms with van der Waals surface area (Å²) < 4.78 is 0. The fourth-order valence-electron chi connectivity index (χ4n) is 2.19. The van der Waals surface area contributed by atoms with Crippen molar-refractivity contribution in [3.8, 4) is 0 Å². The van der Waals surface area contributed by atoms with Crippen LogP contribution in [0.15, 0.2) is 23.1 Å². The summed E-state index contributed by atoms with van der Waals surface area (Å²) in [6, 6.07) is 5.49. The van der Waals surface area contributed by atoms with Crippen molar-refractivity contribution >= 4 is 35.3 Å². The number of carbonyl (C=O) groups is 2. The molecule has 7 heteroatoms.